The molecule has 0 aliphatic carbocycles. The lowest BCUT2D eigenvalue weighted by Crippen LogP contribution is -2.06. The Labute approximate surface area is 120 Å². The molecule has 0 saturated carbocycles. The van der Waals surface area contributed by atoms with Crippen molar-refractivity contribution in [1.29, 1.82) is 0 Å². The second-order valence-corrected chi connectivity index (χ2v) is 5.99. The van der Waals surface area contributed by atoms with Gasteiger partial charge in [0.15, 0.2) is 4.77 Å². The number of hydrogen-bond acceptors (Lipinski definition) is 2. The van der Waals surface area contributed by atoms with Crippen LogP contribution >= 0.6 is 35.6 Å². The Morgan fingerprint density at radius 3 is 2.94 bits per heavy atom. The lowest BCUT2D eigenvalue weighted by Gasteiger charge is -2.14. The molecule has 0 aliphatic rings. The molecule has 1 N–H and O–H groups in total. The van der Waals surface area contributed by atoms with Crippen LogP contribution in [0.1, 0.15) is 19.4 Å². The number of nitrogens with zero attached hydrogens (tertiary/aromatic N) is 1. The van der Waals surface area contributed by atoms with Crippen molar-refractivity contribution in [2.75, 3.05) is 12.0 Å². The van der Waals surface area contributed by atoms with Gasteiger partial charge < -0.3 is 9.55 Å². The van der Waals surface area contributed by atoms with Crippen LogP contribution in [0.3, 0.4) is 0 Å². The third-order valence-electron chi connectivity index (χ3n) is 2.94. The summed E-state index contributed by atoms with van der Waals surface area (Å²) in [5, 5.41) is 0.114. The van der Waals surface area contributed by atoms with E-state index in [1.807, 2.05) is 4.57 Å². The first-order chi connectivity index (χ1) is 8.54. The molecule has 0 spiro atoms. The van der Waals surface area contributed by atoms with E-state index >= 15 is 0 Å². The fourth-order valence-electron chi connectivity index (χ4n) is 1.98. The van der Waals surface area contributed by atoms with Crippen LogP contribution in [0.2, 0.25) is 5.02 Å². The summed E-state index contributed by atoms with van der Waals surface area (Å²) in [5.41, 5.74) is 1.55. The van der Waals surface area contributed by atoms with Gasteiger partial charge in [0.2, 0.25) is 0 Å². The van der Waals surface area contributed by atoms with Gasteiger partial charge in [-0.05, 0) is 43.6 Å². The number of halogens is 2. The predicted octanol–water partition coefficient (Wildman–Crippen LogP) is 4.81. The van der Waals surface area contributed by atoms with Crippen molar-refractivity contribution >= 4 is 46.6 Å². The lowest BCUT2D eigenvalue weighted by molar-refractivity contribution is 0.541. The van der Waals surface area contributed by atoms with Crippen LogP contribution in [0.5, 0.6) is 0 Å². The highest BCUT2D eigenvalue weighted by Gasteiger charge is 2.13. The maximum atomic E-state index is 13.6. The normalized spacial score (nSPS) is 13.1. The number of benzene rings is 1. The number of nitrogens with one attached hydrogen (secondary N) is 1. The average Bonchev–Trinajstić information content (AvgIpc) is 2.62. The largest absolute Gasteiger partial charge is 0.331 e. The Kier molecular flexibility index (Phi) is 4.35. The van der Waals surface area contributed by atoms with Gasteiger partial charge >= 0.3 is 0 Å². The van der Waals surface area contributed by atoms with Crippen molar-refractivity contribution in [3.8, 4) is 0 Å². The molecular formula is C12H14ClFN2S2. The summed E-state index contributed by atoms with van der Waals surface area (Å²) in [6.45, 7) is 2.09. The highest BCUT2D eigenvalue weighted by Crippen LogP contribution is 2.26. The average molecular weight is 305 g/mol. The highest BCUT2D eigenvalue weighted by molar-refractivity contribution is 7.98. The molecule has 2 aromatic rings. The molecule has 0 bridgehead atoms. The fourth-order valence-corrected chi connectivity index (χ4v) is 3.10. The van der Waals surface area contributed by atoms with Crippen LogP contribution < -0.4 is 0 Å². The number of fused-ring (bicyclic) bond motifs is 1. The Bertz CT molecular complexity index is 620. The molecule has 0 fully saturated rings. The molecule has 0 amide bonds. The van der Waals surface area contributed by atoms with E-state index in [0.717, 1.165) is 23.2 Å². The zero-order chi connectivity index (χ0) is 13.3. The molecule has 1 atom stereocenters. The molecule has 1 aromatic carbocycles. The number of imidazole rings is 1. The zero-order valence-corrected chi connectivity index (χ0v) is 12.6. The molecule has 0 saturated heterocycles. The van der Waals surface area contributed by atoms with Gasteiger partial charge in [-0.25, -0.2) is 4.39 Å². The summed E-state index contributed by atoms with van der Waals surface area (Å²) < 4.78 is 16.1. The van der Waals surface area contributed by atoms with E-state index < -0.39 is 5.82 Å². The standard InChI is InChI=1S/C12H14ClFN2S2/c1-7(3-4-18-2)16-11-6-9(14)8(13)5-10(11)15-12(16)17/h5-7H,3-4H2,1-2H3,(H,15,17). The van der Waals surface area contributed by atoms with Gasteiger partial charge in [-0.2, -0.15) is 11.8 Å². The Morgan fingerprint density at radius 1 is 1.56 bits per heavy atom. The third-order valence-corrected chi connectivity index (χ3v) is 4.17. The topological polar surface area (TPSA) is 20.7 Å². The van der Waals surface area contributed by atoms with E-state index in [1.54, 1.807) is 17.8 Å². The minimum atomic E-state index is -0.413. The van der Waals surface area contributed by atoms with E-state index in [9.17, 15) is 4.39 Å². The minimum absolute atomic E-state index is 0.114. The Hall–Kier alpha value is -0.520. The second kappa shape index (κ2) is 5.63. The summed E-state index contributed by atoms with van der Waals surface area (Å²) >= 11 is 12.9. The molecule has 6 heteroatoms. The van der Waals surface area contributed by atoms with E-state index in [4.69, 9.17) is 23.8 Å². The van der Waals surface area contributed by atoms with Gasteiger partial charge in [0.25, 0.3) is 0 Å². The van der Waals surface area contributed by atoms with Crippen molar-refractivity contribution in [3.05, 3.63) is 27.7 Å². The van der Waals surface area contributed by atoms with Gasteiger partial charge in [0.1, 0.15) is 5.82 Å². The first-order valence-electron chi connectivity index (χ1n) is 5.62. The molecule has 0 radical (unpaired) electrons. The van der Waals surface area contributed by atoms with E-state index in [0.29, 0.717) is 4.77 Å². The summed E-state index contributed by atoms with van der Waals surface area (Å²) in [4.78, 5) is 3.07. The summed E-state index contributed by atoms with van der Waals surface area (Å²) in [6.07, 6.45) is 3.06. The number of thioether (sulfide) groups is 1. The van der Waals surface area contributed by atoms with Gasteiger partial charge in [-0.3, -0.25) is 0 Å². The molecule has 2 nitrogen and oxygen atoms in total. The van der Waals surface area contributed by atoms with Crippen LogP contribution in [0.25, 0.3) is 11.0 Å². The van der Waals surface area contributed by atoms with Crippen molar-refractivity contribution in [1.82, 2.24) is 9.55 Å². The Morgan fingerprint density at radius 2 is 2.28 bits per heavy atom. The maximum absolute atomic E-state index is 13.6. The van der Waals surface area contributed by atoms with Gasteiger partial charge in [-0.15, -0.1) is 0 Å². The highest BCUT2D eigenvalue weighted by atomic mass is 35.5. The molecular weight excluding hydrogens is 291 g/mol. The first kappa shape index (κ1) is 13.9. The number of hydrogen-bond donors (Lipinski definition) is 1. The Balaban J connectivity index is 2.53. The summed E-state index contributed by atoms with van der Waals surface area (Å²) in [5.74, 6) is 0.634. The predicted molar refractivity (Wildman–Crippen MR) is 79.8 cm³/mol. The molecule has 2 rings (SSSR count). The van der Waals surface area contributed by atoms with Crippen LogP contribution in [0.4, 0.5) is 4.39 Å². The van der Waals surface area contributed by atoms with Crippen LogP contribution in [-0.2, 0) is 0 Å². The lowest BCUT2D eigenvalue weighted by atomic mass is 10.2. The van der Waals surface area contributed by atoms with E-state index in [1.165, 1.54) is 6.07 Å². The van der Waals surface area contributed by atoms with E-state index in [-0.39, 0.29) is 11.1 Å². The van der Waals surface area contributed by atoms with Gasteiger partial charge in [0, 0.05) is 12.1 Å². The van der Waals surface area contributed by atoms with Crippen molar-refractivity contribution in [2.45, 2.75) is 19.4 Å². The number of H-pyrrole nitrogens is 1. The van der Waals surface area contributed by atoms with Crippen LogP contribution in [-0.4, -0.2) is 21.6 Å². The van der Waals surface area contributed by atoms with Gasteiger partial charge in [0.05, 0.1) is 16.1 Å². The van der Waals surface area contributed by atoms with Crippen molar-refractivity contribution in [2.24, 2.45) is 0 Å². The zero-order valence-electron chi connectivity index (χ0n) is 10.2. The SMILES string of the molecule is CSCCC(C)n1c(=S)[nH]c2cc(Cl)c(F)cc21. The van der Waals surface area contributed by atoms with Crippen molar-refractivity contribution < 1.29 is 4.39 Å². The van der Waals surface area contributed by atoms with Crippen molar-refractivity contribution in [3.63, 3.8) is 0 Å². The second-order valence-electron chi connectivity index (χ2n) is 4.21. The molecule has 0 aliphatic heterocycles. The quantitative estimate of drug-likeness (QED) is 0.819. The van der Waals surface area contributed by atoms with E-state index in [2.05, 4.69) is 18.2 Å². The monoisotopic (exact) mass is 304 g/mol. The number of aromatic nitrogens is 2. The molecule has 1 aromatic heterocycles. The first-order valence-corrected chi connectivity index (χ1v) is 7.80. The van der Waals surface area contributed by atoms with Crippen LogP contribution in [0.15, 0.2) is 12.1 Å². The molecule has 1 unspecified atom stereocenters. The summed E-state index contributed by atoms with van der Waals surface area (Å²) in [6, 6.07) is 3.26. The smallest absolute Gasteiger partial charge is 0.178 e. The third kappa shape index (κ3) is 2.58. The number of aromatic amines is 1. The van der Waals surface area contributed by atoms with Gasteiger partial charge in [-0.1, -0.05) is 11.6 Å². The number of rotatable bonds is 4. The molecule has 1 heterocycles. The summed E-state index contributed by atoms with van der Waals surface area (Å²) in [7, 11) is 0. The van der Waals surface area contributed by atoms with Crippen LogP contribution in [0, 0.1) is 10.6 Å². The molecule has 98 valence electrons. The molecule has 18 heavy (non-hydrogen) atoms. The maximum Gasteiger partial charge on any atom is 0.178 e. The fraction of sp³-hybridized carbons (Fsp3) is 0.417. The minimum Gasteiger partial charge on any atom is -0.331 e.